The highest BCUT2D eigenvalue weighted by Gasteiger charge is 2.44. The molecule has 1 aromatic heterocycles. The first-order valence-corrected chi connectivity index (χ1v) is 13.3. The van der Waals surface area contributed by atoms with Crippen LogP contribution in [0.1, 0.15) is 18.4 Å². The van der Waals surface area contributed by atoms with E-state index >= 15 is 0 Å². The van der Waals surface area contributed by atoms with Gasteiger partial charge in [-0.15, -0.1) is 0 Å². The summed E-state index contributed by atoms with van der Waals surface area (Å²) in [7, 11) is 4.25. The maximum atomic E-state index is 6.38. The summed E-state index contributed by atoms with van der Waals surface area (Å²) in [6, 6.07) is 10.7. The van der Waals surface area contributed by atoms with Crippen LogP contribution in [-0.4, -0.2) is 59.2 Å². The summed E-state index contributed by atoms with van der Waals surface area (Å²) in [5, 5.41) is 0.460. The van der Waals surface area contributed by atoms with Crippen molar-refractivity contribution in [3.05, 3.63) is 82.3 Å². The van der Waals surface area contributed by atoms with Crippen LogP contribution < -0.4 is 10.6 Å². The number of nitrogens with two attached hydrogens (primary N) is 1. The number of piperidine rings is 1. The number of pyridine rings is 1. The van der Waals surface area contributed by atoms with Crippen LogP contribution in [0.15, 0.2) is 86.6 Å². The number of nitrogens with zero attached hydrogens (tertiary/aromatic N) is 6. The Kier molecular flexibility index (Phi) is 5.80. The molecule has 36 heavy (non-hydrogen) atoms. The number of thioether (sulfide) groups is 1. The highest BCUT2D eigenvalue weighted by molar-refractivity contribution is 8.04. The molecule has 0 radical (unpaired) electrons. The minimum atomic E-state index is 0.199. The minimum absolute atomic E-state index is 0.199. The summed E-state index contributed by atoms with van der Waals surface area (Å²) >= 11 is 7.90. The number of anilines is 2. The van der Waals surface area contributed by atoms with Gasteiger partial charge in [-0.2, -0.15) is 0 Å². The first-order chi connectivity index (χ1) is 17.4. The van der Waals surface area contributed by atoms with E-state index in [2.05, 4.69) is 46.1 Å². The molecule has 184 valence electrons. The number of rotatable bonds is 2. The number of nitrogen functional groups attached to an aromatic ring is 1. The van der Waals surface area contributed by atoms with Gasteiger partial charge in [0.05, 0.1) is 9.93 Å². The van der Waals surface area contributed by atoms with Crippen molar-refractivity contribution in [1.29, 1.82) is 0 Å². The number of hydrogen-bond donors (Lipinski definition) is 1. The molecule has 6 rings (SSSR count). The second-order valence-electron chi connectivity index (χ2n) is 9.54. The van der Waals surface area contributed by atoms with Crippen LogP contribution in [0.5, 0.6) is 0 Å². The fraction of sp³-hybridized carbons (Fsp3) is 0.296. The number of aromatic nitrogens is 1. The van der Waals surface area contributed by atoms with Gasteiger partial charge in [0.25, 0.3) is 0 Å². The number of amidine groups is 2. The number of halogens is 1. The SMILES string of the molecule is CN1C2=CC=C(Sc3ccnc(N)c3Cl)/C1=N/C=C/C(N1CCC3(CC1)Cc1ccccc1N3C)=N\2. The van der Waals surface area contributed by atoms with Crippen molar-refractivity contribution < 1.29 is 0 Å². The van der Waals surface area contributed by atoms with E-state index < -0.39 is 0 Å². The Labute approximate surface area is 220 Å². The molecule has 2 aromatic rings. The third kappa shape index (κ3) is 3.89. The zero-order valence-corrected chi connectivity index (χ0v) is 21.9. The van der Waals surface area contributed by atoms with Gasteiger partial charge < -0.3 is 20.4 Å². The minimum Gasteiger partial charge on any atom is -0.382 e. The summed E-state index contributed by atoms with van der Waals surface area (Å²) in [6.07, 6.45) is 12.9. The van der Waals surface area contributed by atoms with Gasteiger partial charge in [0.15, 0.2) is 0 Å². The van der Waals surface area contributed by atoms with Crippen molar-refractivity contribution in [3.8, 4) is 0 Å². The van der Waals surface area contributed by atoms with Crippen LogP contribution in [0.3, 0.4) is 0 Å². The van der Waals surface area contributed by atoms with E-state index in [4.69, 9.17) is 27.3 Å². The van der Waals surface area contributed by atoms with Gasteiger partial charge in [-0.25, -0.2) is 15.0 Å². The van der Waals surface area contributed by atoms with Crippen LogP contribution in [0.2, 0.25) is 5.02 Å². The molecular weight excluding hydrogens is 490 g/mol. The zero-order valence-electron chi connectivity index (χ0n) is 20.4. The molecule has 1 fully saturated rings. The van der Waals surface area contributed by atoms with E-state index in [9.17, 15) is 0 Å². The van der Waals surface area contributed by atoms with Gasteiger partial charge in [-0.1, -0.05) is 41.6 Å². The lowest BCUT2D eigenvalue weighted by molar-refractivity contribution is 0.229. The Hall–Kier alpha value is -3.23. The van der Waals surface area contributed by atoms with E-state index in [0.717, 1.165) is 59.6 Å². The second kappa shape index (κ2) is 9.01. The number of hydrogen-bond acceptors (Lipinski definition) is 8. The van der Waals surface area contributed by atoms with E-state index in [1.165, 1.54) is 23.0 Å². The smallest absolute Gasteiger partial charge is 0.147 e. The van der Waals surface area contributed by atoms with E-state index in [0.29, 0.717) is 10.8 Å². The number of allylic oxidation sites excluding steroid dienone is 2. The van der Waals surface area contributed by atoms with Gasteiger partial charge >= 0.3 is 0 Å². The molecule has 0 atom stereocenters. The highest BCUT2D eigenvalue weighted by Crippen LogP contribution is 2.43. The van der Waals surface area contributed by atoms with Crippen LogP contribution in [-0.2, 0) is 6.42 Å². The molecule has 9 heteroatoms. The molecule has 2 N–H and O–H groups in total. The first kappa shape index (κ1) is 23.2. The van der Waals surface area contributed by atoms with Crippen molar-refractivity contribution in [2.75, 3.05) is 37.8 Å². The van der Waals surface area contributed by atoms with Crippen LogP contribution in [0, 0.1) is 0 Å². The van der Waals surface area contributed by atoms with Crippen LogP contribution >= 0.6 is 23.4 Å². The fourth-order valence-corrected chi connectivity index (χ4v) is 6.68. The molecule has 7 nitrogen and oxygen atoms in total. The molecule has 0 unspecified atom stereocenters. The van der Waals surface area contributed by atoms with E-state index in [-0.39, 0.29) is 5.54 Å². The topological polar surface area (TPSA) is 73.4 Å². The molecule has 2 bridgehead atoms. The molecule has 4 aliphatic heterocycles. The Morgan fingerprint density at radius 1 is 1.08 bits per heavy atom. The van der Waals surface area contributed by atoms with Crippen molar-refractivity contribution >= 4 is 46.5 Å². The molecule has 0 aliphatic carbocycles. The van der Waals surface area contributed by atoms with Crippen molar-refractivity contribution in [1.82, 2.24) is 14.8 Å². The number of likely N-dealkylation sites (N-methyl/N-ethyl adjacent to an activating group) is 2. The monoisotopic (exact) mass is 517 g/mol. The normalized spacial score (nSPS) is 24.1. The maximum Gasteiger partial charge on any atom is 0.147 e. The summed E-state index contributed by atoms with van der Waals surface area (Å²) in [6.45, 7) is 1.93. The number of para-hydroxylation sites is 1. The summed E-state index contributed by atoms with van der Waals surface area (Å²) in [5.74, 6) is 2.97. The number of aliphatic imine (C=N–C) groups is 2. The van der Waals surface area contributed by atoms with E-state index in [1.807, 2.05) is 42.4 Å². The van der Waals surface area contributed by atoms with Gasteiger partial charge in [-0.3, -0.25) is 0 Å². The lowest BCUT2D eigenvalue weighted by atomic mass is 9.84. The quantitative estimate of drug-likeness (QED) is 0.609. The summed E-state index contributed by atoms with van der Waals surface area (Å²) in [4.78, 5) is 22.6. The summed E-state index contributed by atoms with van der Waals surface area (Å²) < 4.78 is 0. The van der Waals surface area contributed by atoms with E-state index in [1.54, 1.807) is 6.20 Å². The molecule has 5 heterocycles. The first-order valence-electron chi connectivity index (χ1n) is 12.1. The number of likely N-dealkylation sites (tertiary alicyclic amines) is 1. The molecule has 0 saturated carbocycles. The maximum absolute atomic E-state index is 6.38. The molecule has 4 aliphatic rings. The van der Waals surface area contributed by atoms with Gasteiger partial charge in [0, 0.05) is 55.7 Å². The van der Waals surface area contributed by atoms with Gasteiger partial charge in [0.1, 0.15) is 23.3 Å². The van der Waals surface area contributed by atoms with Crippen LogP contribution in [0.25, 0.3) is 0 Å². The van der Waals surface area contributed by atoms with Crippen molar-refractivity contribution in [3.63, 3.8) is 0 Å². The molecule has 1 aromatic carbocycles. The Morgan fingerprint density at radius 2 is 1.89 bits per heavy atom. The molecule has 1 spiro atoms. The largest absolute Gasteiger partial charge is 0.382 e. The Bertz CT molecular complexity index is 1370. The van der Waals surface area contributed by atoms with Crippen LogP contribution in [0.4, 0.5) is 11.5 Å². The standard InChI is InChI=1S/C27H28ClN7S/c1-33-22-8-7-21(36-20-9-13-30-25(29)24(20)28)26(33)31-14-10-23(32-22)35-15-11-27(12-16-35)17-18-5-3-4-6-19(18)34(27)2/h3-10,13-14H,11-12,15-17H2,1-2H3,(H2,29,30)/b14-10+,23-10?,31-14?,31-26-,32-22?,32-23+. The molecule has 1 saturated heterocycles. The third-order valence-corrected chi connectivity index (χ3v) is 9.23. The zero-order chi connectivity index (χ0) is 24.9. The lowest BCUT2D eigenvalue weighted by Crippen LogP contribution is -2.54. The van der Waals surface area contributed by atoms with Crippen molar-refractivity contribution in [2.45, 2.75) is 29.7 Å². The molecule has 0 amide bonds. The predicted molar refractivity (Wildman–Crippen MR) is 150 cm³/mol. The number of fused-ring (bicyclic) bond motifs is 3. The average Bonchev–Trinajstić information content (AvgIpc) is 3.15. The molecular formula is C27H28ClN7S. The Balaban J connectivity index is 1.21. The lowest BCUT2D eigenvalue weighted by Gasteiger charge is -2.45. The summed E-state index contributed by atoms with van der Waals surface area (Å²) in [5.41, 5.74) is 8.93. The highest BCUT2D eigenvalue weighted by atomic mass is 35.5. The second-order valence-corrected chi connectivity index (χ2v) is 11.0. The predicted octanol–water partition coefficient (Wildman–Crippen LogP) is 4.93. The van der Waals surface area contributed by atoms with Gasteiger partial charge in [0.2, 0.25) is 0 Å². The fourth-order valence-electron chi connectivity index (χ4n) is 5.48. The van der Waals surface area contributed by atoms with Gasteiger partial charge in [-0.05, 0) is 55.2 Å². The average molecular weight is 518 g/mol. The Morgan fingerprint density at radius 3 is 2.69 bits per heavy atom. The van der Waals surface area contributed by atoms with Crippen molar-refractivity contribution in [2.24, 2.45) is 9.98 Å². The number of benzene rings is 1. The third-order valence-electron chi connectivity index (χ3n) is 7.62.